The molecule has 0 bridgehead atoms. The Kier molecular flexibility index (Phi) is 6.48. The Labute approximate surface area is 180 Å². The van der Waals surface area contributed by atoms with Crippen molar-refractivity contribution in [1.29, 1.82) is 0 Å². The number of halogens is 3. The van der Waals surface area contributed by atoms with Gasteiger partial charge in [-0.2, -0.15) is 13.2 Å². The molecule has 2 aromatic rings. The van der Waals surface area contributed by atoms with E-state index in [9.17, 15) is 13.2 Å². The summed E-state index contributed by atoms with van der Waals surface area (Å²) in [6.45, 7) is 1.42. The molecule has 2 aliphatic rings. The average molecular weight is 436 g/mol. The zero-order valence-corrected chi connectivity index (χ0v) is 17.7. The molecule has 1 heterocycles. The molecule has 2 aromatic carbocycles. The Morgan fingerprint density at radius 2 is 1.90 bits per heavy atom. The van der Waals surface area contributed by atoms with Gasteiger partial charge in [-0.3, -0.25) is 0 Å². The molecule has 7 heteroatoms. The summed E-state index contributed by atoms with van der Waals surface area (Å²) in [5.41, 5.74) is 7.24. The molecule has 1 aliphatic carbocycles. The highest BCUT2D eigenvalue weighted by atomic mass is 32.2. The van der Waals surface area contributed by atoms with Gasteiger partial charge in [0, 0.05) is 16.3 Å². The lowest BCUT2D eigenvalue weighted by atomic mass is 9.79. The van der Waals surface area contributed by atoms with E-state index >= 15 is 0 Å². The van der Waals surface area contributed by atoms with Crippen LogP contribution >= 0.6 is 11.8 Å². The second-order valence-electron chi connectivity index (χ2n) is 8.33. The summed E-state index contributed by atoms with van der Waals surface area (Å²) >= 11 is 1.38. The molecule has 0 saturated heterocycles. The van der Waals surface area contributed by atoms with Crippen LogP contribution in [0.15, 0.2) is 46.2 Å². The summed E-state index contributed by atoms with van der Waals surface area (Å²) in [6.07, 6.45) is 2.50. The fourth-order valence-electron chi connectivity index (χ4n) is 4.55. The highest BCUT2D eigenvalue weighted by Crippen LogP contribution is 2.49. The molecule has 2 unspecified atom stereocenters. The maximum absolute atomic E-state index is 13.5. The number of nitrogens with two attached hydrogens (primary N) is 1. The summed E-state index contributed by atoms with van der Waals surface area (Å²) in [6, 6.07) is 10.2. The molecule has 0 radical (unpaired) electrons. The standard InChI is InChI=1S/C23H28F3N3S/c24-23(25,26)17-12-19(28-14-16-6-3-5-15(11-16)7-4-10-27)22-21(13-17)30-20-9-2-1-8-18(20)29-22/h1-2,8-9,12-13,15-16,28-29H,3-7,10-11,14,27H2. The van der Waals surface area contributed by atoms with Crippen molar-refractivity contribution < 1.29 is 13.2 Å². The maximum Gasteiger partial charge on any atom is 0.416 e. The molecule has 4 N–H and O–H groups in total. The van der Waals surface area contributed by atoms with Crippen LogP contribution in [0.3, 0.4) is 0 Å². The zero-order valence-electron chi connectivity index (χ0n) is 16.9. The number of hydrogen-bond donors (Lipinski definition) is 3. The van der Waals surface area contributed by atoms with Crippen LogP contribution in [0.5, 0.6) is 0 Å². The highest BCUT2D eigenvalue weighted by Gasteiger charge is 2.33. The quantitative estimate of drug-likeness (QED) is 0.395. The van der Waals surface area contributed by atoms with Crippen molar-refractivity contribution >= 4 is 28.8 Å². The molecule has 1 aliphatic heterocycles. The third kappa shape index (κ3) is 4.89. The number of anilines is 3. The summed E-state index contributed by atoms with van der Waals surface area (Å²) in [7, 11) is 0. The van der Waals surface area contributed by atoms with Gasteiger partial charge in [-0.15, -0.1) is 0 Å². The number of hydrogen-bond acceptors (Lipinski definition) is 4. The largest absolute Gasteiger partial charge is 0.416 e. The Morgan fingerprint density at radius 3 is 2.70 bits per heavy atom. The normalized spacial score (nSPS) is 20.8. The van der Waals surface area contributed by atoms with Crippen molar-refractivity contribution in [3.63, 3.8) is 0 Å². The van der Waals surface area contributed by atoms with Gasteiger partial charge >= 0.3 is 6.18 Å². The smallest absolute Gasteiger partial charge is 0.383 e. The van der Waals surface area contributed by atoms with Crippen molar-refractivity contribution in [2.75, 3.05) is 23.7 Å². The lowest BCUT2D eigenvalue weighted by Gasteiger charge is -2.30. The second kappa shape index (κ2) is 9.10. The number of nitrogens with one attached hydrogen (secondary N) is 2. The molecule has 2 atom stereocenters. The third-order valence-corrected chi connectivity index (χ3v) is 7.20. The van der Waals surface area contributed by atoms with E-state index in [4.69, 9.17) is 5.73 Å². The van der Waals surface area contributed by atoms with Gasteiger partial charge in [-0.25, -0.2) is 0 Å². The Morgan fingerprint density at radius 1 is 1.10 bits per heavy atom. The summed E-state index contributed by atoms with van der Waals surface area (Å²) in [4.78, 5) is 1.54. The predicted molar refractivity (Wildman–Crippen MR) is 118 cm³/mol. The minimum absolute atomic E-state index is 0.482. The summed E-state index contributed by atoms with van der Waals surface area (Å²) in [5.74, 6) is 1.17. The van der Waals surface area contributed by atoms with Crippen molar-refractivity contribution in [1.82, 2.24) is 0 Å². The van der Waals surface area contributed by atoms with E-state index < -0.39 is 11.7 Å². The lowest BCUT2D eigenvalue weighted by molar-refractivity contribution is -0.137. The van der Waals surface area contributed by atoms with E-state index in [0.29, 0.717) is 29.0 Å². The minimum atomic E-state index is -4.37. The van der Waals surface area contributed by atoms with Crippen molar-refractivity contribution in [2.45, 2.75) is 54.5 Å². The van der Waals surface area contributed by atoms with Crippen molar-refractivity contribution in [3.05, 3.63) is 42.0 Å². The van der Waals surface area contributed by atoms with E-state index in [1.807, 2.05) is 24.3 Å². The molecular weight excluding hydrogens is 407 g/mol. The first-order valence-electron chi connectivity index (χ1n) is 10.7. The third-order valence-electron chi connectivity index (χ3n) is 6.09. The first-order chi connectivity index (χ1) is 14.4. The topological polar surface area (TPSA) is 50.1 Å². The number of fused-ring (bicyclic) bond motifs is 2. The zero-order chi connectivity index (χ0) is 21.1. The van der Waals surface area contributed by atoms with Gasteiger partial charge in [0.05, 0.1) is 22.6 Å². The van der Waals surface area contributed by atoms with Crippen molar-refractivity contribution in [3.8, 4) is 0 Å². The monoisotopic (exact) mass is 435 g/mol. The van der Waals surface area contributed by atoms with Gasteiger partial charge < -0.3 is 16.4 Å². The van der Waals surface area contributed by atoms with E-state index in [2.05, 4.69) is 10.6 Å². The number of benzene rings is 2. The number of alkyl halides is 3. The Balaban J connectivity index is 1.54. The van der Waals surface area contributed by atoms with Crippen molar-refractivity contribution in [2.24, 2.45) is 17.6 Å². The van der Waals surface area contributed by atoms with Gasteiger partial charge in [0.1, 0.15) is 0 Å². The van der Waals surface area contributed by atoms with Crippen LogP contribution in [-0.2, 0) is 6.18 Å². The van der Waals surface area contributed by atoms with Crippen LogP contribution in [0.4, 0.5) is 30.2 Å². The number of para-hydroxylation sites is 1. The van der Waals surface area contributed by atoms with E-state index in [1.165, 1.54) is 36.7 Å². The van der Waals surface area contributed by atoms with Gasteiger partial charge in [-0.1, -0.05) is 36.7 Å². The first kappa shape index (κ1) is 21.4. The first-order valence-corrected chi connectivity index (χ1v) is 11.5. The molecule has 162 valence electrons. The second-order valence-corrected chi connectivity index (χ2v) is 9.41. The van der Waals surface area contributed by atoms with Crippen LogP contribution in [0.2, 0.25) is 0 Å². The maximum atomic E-state index is 13.5. The van der Waals surface area contributed by atoms with Crippen LogP contribution in [-0.4, -0.2) is 13.1 Å². The van der Waals surface area contributed by atoms with E-state index in [-0.39, 0.29) is 0 Å². The van der Waals surface area contributed by atoms with E-state index in [1.54, 1.807) is 0 Å². The summed E-state index contributed by atoms with van der Waals surface area (Å²) in [5, 5.41) is 6.71. The fraction of sp³-hybridized carbons (Fsp3) is 0.478. The lowest BCUT2D eigenvalue weighted by Crippen LogP contribution is -2.23. The van der Waals surface area contributed by atoms with Crippen LogP contribution in [0, 0.1) is 11.8 Å². The molecule has 0 spiro atoms. The summed E-state index contributed by atoms with van der Waals surface area (Å²) < 4.78 is 40.6. The van der Waals surface area contributed by atoms with Crippen LogP contribution in [0.1, 0.15) is 44.1 Å². The van der Waals surface area contributed by atoms with Crippen LogP contribution in [0.25, 0.3) is 0 Å². The predicted octanol–water partition coefficient (Wildman–Crippen LogP) is 6.87. The average Bonchev–Trinajstić information content (AvgIpc) is 2.74. The highest BCUT2D eigenvalue weighted by molar-refractivity contribution is 7.99. The van der Waals surface area contributed by atoms with E-state index in [0.717, 1.165) is 48.5 Å². The minimum Gasteiger partial charge on any atom is -0.383 e. The number of rotatable bonds is 6. The Hall–Kier alpha value is -1.86. The molecule has 0 aromatic heterocycles. The van der Waals surface area contributed by atoms with Crippen LogP contribution < -0.4 is 16.4 Å². The Bertz CT molecular complexity index is 884. The van der Waals surface area contributed by atoms with Gasteiger partial charge in [0.15, 0.2) is 0 Å². The molecule has 0 amide bonds. The SMILES string of the molecule is NCCCC1CCCC(CNc2cc(C(F)(F)F)cc3c2Nc2ccccc2S3)C1. The van der Waals surface area contributed by atoms with Gasteiger partial charge in [0.25, 0.3) is 0 Å². The molecular formula is C23H28F3N3S. The molecule has 3 nitrogen and oxygen atoms in total. The molecule has 1 fully saturated rings. The molecule has 1 saturated carbocycles. The fourth-order valence-corrected chi connectivity index (χ4v) is 5.61. The molecule has 4 rings (SSSR count). The molecule has 30 heavy (non-hydrogen) atoms. The van der Waals surface area contributed by atoms with Gasteiger partial charge in [-0.05, 0) is 68.3 Å². The van der Waals surface area contributed by atoms with Gasteiger partial charge in [0.2, 0.25) is 0 Å².